The van der Waals surface area contributed by atoms with Gasteiger partial charge in [0.05, 0.1) is 0 Å². The highest BCUT2D eigenvalue weighted by Gasteiger charge is 2.18. The van der Waals surface area contributed by atoms with E-state index in [1.165, 1.54) is 0 Å². The van der Waals surface area contributed by atoms with E-state index in [0.717, 1.165) is 17.9 Å². The van der Waals surface area contributed by atoms with E-state index in [4.69, 9.17) is 5.73 Å². The first-order valence-corrected chi connectivity index (χ1v) is 7.03. The normalized spacial score (nSPS) is 12.2. The van der Waals surface area contributed by atoms with Gasteiger partial charge in [-0.2, -0.15) is 0 Å². The van der Waals surface area contributed by atoms with Crippen LogP contribution in [0.3, 0.4) is 0 Å². The van der Waals surface area contributed by atoms with Crippen LogP contribution in [0, 0.1) is 0 Å². The van der Waals surface area contributed by atoms with Gasteiger partial charge < -0.3 is 10.6 Å². The molecule has 0 saturated carbocycles. The molecule has 16 heavy (non-hydrogen) atoms. The summed E-state index contributed by atoms with van der Waals surface area (Å²) in [5.74, 6) is 0. The standard InChI is InChI=1S/C7H15N5O2S2/c1-3-12(2)5-4-9-16(13,14)7-11-10-6(8)15-7/h9H,3-5H2,1-2H3,(H2,8,10). The molecule has 0 aliphatic rings. The van der Waals surface area contributed by atoms with E-state index in [2.05, 4.69) is 14.9 Å². The van der Waals surface area contributed by atoms with E-state index >= 15 is 0 Å². The maximum atomic E-state index is 11.6. The number of hydrogen-bond donors (Lipinski definition) is 2. The number of nitrogens with one attached hydrogen (secondary N) is 1. The van der Waals surface area contributed by atoms with E-state index in [1.54, 1.807) is 0 Å². The molecule has 7 nitrogen and oxygen atoms in total. The Bertz CT molecular complexity index is 430. The molecular weight excluding hydrogens is 250 g/mol. The summed E-state index contributed by atoms with van der Waals surface area (Å²) >= 11 is 0.851. The number of hydrogen-bond acceptors (Lipinski definition) is 7. The van der Waals surface area contributed by atoms with Crippen LogP contribution in [0.15, 0.2) is 4.34 Å². The van der Waals surface area contributed by atoms with Gasteiger partial charge in [-0.1, -0.05) is 18.3 Å². The lowest BCUT2D eigenvalue weighted by Crippen LogP contribution is -2.32. The predicted molar refractivity (Wildman–Crippen MR) is 62.7 cm³/mol. The van der Waals surface area contributed by atoms with Crippen LogP contribution in [0.4, 0.5) is 5.13 Å². The largest absolute Gasteiger partial charge is 0.374 e. The number of aromatic nitrogens is 2. The van der Waals surface area contributed by atoms with Gasteiger partial charge in [-0.25, -0.2) is 13.1 Å². The molecule has 0 aliphatic heterocycles. The minimum atomic E-state index is -3.56. The molecule has 0 atom stereocenters. The van der Waals surface area contributed by atoms with Crippen molar-refractivity contribution in [2.45, 2.75) is 11.3 Å². The Kier molecular flexibility index (Phi) is 4.59. The van der Waals surface area contributed by atoms with Gasteiger partial charge in [0.2, 0.25) is 9.47 Å². The topological polar surface area (TPSA) is 101 Å². The Morgan fingerprint density at radius 3 is 2.69 bits per heavy atom. The van der Waals surface area contributed by atoms with Crippen LogP contribution < -0.4 is 10.5 Å². The summed E-state index contributed by atoms with van der Waals surface area (Å²) in [7, 11) is -1.64. The summed E-state index contributed by atoms with van der Waals surface area (Å²) in [5.41, 5.74) is 5.32. The van der Waals surface area contributed by atoms with Crippen LogP contribution >= 0.6 is 11.3 Å². The van der Waals surface area contributed by atoms with Crippen LogP contribution in [0.5, 0.6) is 0 Å². The maximum Gasteiger partial charge on any atom is 0.269 e. The van der Waals surface area contributed by atoms with Crippen LogP contribution in [0.25, 0.3) is 0 Å². The Hall–Kier alpha value is -0.770. The molecule has 1 aromatic heterocycles. The fourth-order valence-corrected chi connectivity index (χ4v) is 2.77. The third-order valence-corrected chi connectivity index (χ3v) is 4.56. The number of rotatable bonds is 6. The fraction of sp³-hybridized carbons (Fsp3) is 0.714. The molecule has 3 N–H and O–H groups in total. The van der Waals surface area contributed by atoms with E-state index < -0.39 is 10.0 Å². The van der Waals surface area contributed by atoms with Gasteiger partial charge in [0.15, 0.2) is 0 Å². The molecule has 0 aromatic carbocycles. The molecule has 0 fully saturated rings. The molecule has 0 saturated heterocycles. The summed E-state index contributed by atoms with van der Waals surface area (Å²) < 4.78 is 25.6. The van der Waals surface area contributed by atoms with Crippen molar-refractivity contribution in [1.29, 1.82) is 0 Å². The van der Waals surface area contributed by atoms with Gasteiger partial charge >= 0.3 is 0 Å². The first kappa shape index (κ1) is 13.3. The van der Waals surface area contributed by atoms with Crippen molar-refractivity contribution in [2.75, 3.05) is 32.4 Å². The van der Waals surface area contributed by atoms with Gasteiger partial charge in [0, 0.05) is 13.1 Å². The zero-order valence-electron chi connectivity index (χ0n) is 9.17. The van der Waals surface area contributed by atoms with E-state index in [1.807, 2.05) is 18.9 Å². The molecule has 0 bridgehead atoms. The molecule has 0 amide bonds. The second-order valence-electron chi connectivity index (χ2n) is 3.20. The van der Waals surface area contributed by atoms with Crippen LogP contribution in [-0.2, 0) is 10.0 Å². The summed E-state index contributed by atoms with van der Waals surface area (Å²) in [6.45, 7) is 3.85. The Morgan fingerprint density at radius 1 is 1.50 bits per heavy atom. The van der Waals surface area contributed by atoms with Crippen LogP contribution in [-0.4, -0.2) is 50.2 Å². The van der Waals surface area contributed by atoms with E-state index in [-0.39, 0.29) is 9.47 Å². The SMILES string of the molecule is CCN(C)CCNS(=O)(=O)c1nnc(N)s1. The second-order valence-corrected chi connectivity index (χ2v) is 6.15. The van der Waals surface area contributed by atoms with Gasteiger partial charge in [0.25, 0.3) is 10.0 Å². The number of sulfonamides is 1. The number of anilines is 1. The van der Waals surface area contributed by atoms with Crippen molar-refractivity contribution < 1.29 is 8.42 Å². The Balaban J connectivity index is 2.53. The molecule has 0 spiro atoms. The van der Waals surface area contributed by atoms with Crippen molar-refractivity contribution in [3.05, 3.63) is 0 Å². The van der Waals surface area contributed by atoms with Crippen molar-refractivity contribution in [3.8, 4) is 0 Å². The van der Waals surface area contributed by atoms with Crippen molar-refractivity contribution >= 4 is 26.5 Å². The molecule has 0 radical (unpaired) electrons. The highest BCUT2D eigenvalue weighted by atomic mass is 32.2. The quantitative estimate of drug-likeness (QED) is 0.709. The monoisotopic (exact) mass is 265 g/mol. The molecule has 1 aromatic rings. The Morgan fingerprint density at radius 2 is 2.19 bits per heavy atom. The fourth-order valence-electron chi connectivity index (χ4n) is 0.920. The highest BCUT2D eigenvalue weighted by molar-refractivity contribution is 7.91. The van der Waals surface area contributed by atoms with Gasteiger partial charge in [0.1, 0.15) is 0 Å². The van der Waals surface area contributed by atoms with Gasteiger partial charge in [-0.15, -0.1) is 10.2 Å². The van der Waals surface area contributed by atoms with Crippen LogP contribution in [0.2, 0.25) is 0 Å². The van der Waals surface area contributed by atoms with Gasteiger partial charge in [-0.05, 0) is 13.6 Å². The number of likely N-dealkylation sites (N-methyl/N-ethyl adjacent to an activating group) is 1. The zero-order chi connectivity index (χ0) is 12.2. The molecule has 0 unspecified atom stereocenters. The number of nitrogen functional groups attached to an aromatic ring is 1. The third kappa shape index (κ3) is 3.67. The molecule has 92 valence electrons. The molecule has 0 aliphatic carbocycles. The summed E-state index contributed by atoms with van der Waals surface area (Å²) in [4.78, 5) is 2.00. The van der Waals surface area contributed by atoms with Crippen molar-refractivity contribution in [3.63, 3.8) is 0 Å². The lowest BCUT2D eigenvalue weighted by Gasteiger charge is -2.13. The summed E-state index contributed by atoms with van der Waals surface area (Å²) in [6.07, 6.45) is 0. The minimum absolute atomic E-state index is 0.0934. The second kappa shape index (κ2) is 5.53. The molecule has 1 heterocycles. The molecule has 9 heteroatoms. The average Bonchev–Trinajstić information content (AvgIpc) is 2.65. The lowest BCUT2D eigenvalue weighted by atomic mass is 10.5. The number of nitrogens with two attached hydrogens (primary N) is 1. The average molecular weight is 265 g/mol. The zero-order valence-corrected chi connectivity index (χ0v) is 10.8. The summed E-state index contributed by atoms with van der Waals surface area (Å²) in [5, 5.41) is 7.09. The van der Waals surface area contributed by atoms with Gasteiger partial charge in [-0.3, -0.25) is 0 Å². The van der Waals surface area contributed by atoms with E-state index in [0.29, 0.717) is 13.1 Å². The number of nitrogens with zero attached hydrogens (tertiary/aromatic N) is 3. The summed E-state index contributed by atoms with van der Waals surface area (Å²) in [6, 6.07) is 0. The van der Waals surface area contributed by atoms with Crippen molar-refractivity contribution in [2.24, 2.45) is 0 Å². The first-order chi connectivity index (χ1) is 7.45. The molecule has 1 rings (SSSR count). The maximum absolute atomic E-state index is 11.6. The minimum Gasteiger partial charge on any atom is -0.374 e. The van der Waals surface area contributed by atoms with Crippen molar-refractivity contribution in [1.82, 2.24) is 19.8 Å². The first-order valence-electron chi connectivity index (χ1n) is 4.73. The smallest absolute Gasteiger partial charge is 0.269 e. The third-order valence-electron chi connectivity index (χ3n) is 1.98. The molecular formula is C7H15N5O2S2. The van der Waals surface area contributed by atoms with E-state index in [9.17, 15) is 8.42 Å². The van der Waals surface area contributed by atoms with Crippen LogP contribution in [0.1, 0.15) is 6.92 Å². The lowest BCUT2D eigenvalue weighted by molar-refractivity contribution is 0.358. The highest BCUT2D eigenvalue weighted by Crippen LogP contribution is 2.15. The predicted octanol–water partition coefficient (Wildman–Crippen LogP) is -0.650. The Labute approximate surface area is 98.7 Å².